The first-order valence-corrected chi connectivity index (χ1v) is 15.9. The average molecular weight is 455 g/mol. The summed E-state index contributed by atoms with van der Waals surface area (Å²) in [5.74, 6) is 0.598. The van der Waals surface area contributed by atoms with Crippen molar-refractivity contribution in [3.63, 3.8) is 0 Å². The van der Waals surface area contributed by atoms with E-state index >= 15 is 0 Å². The maximum atomic E-state index is 11.1. The quantitative estimate of drug-likeness (QED) is 0.194. The minimum atomic E-state index is -2.08. The molecule has 3 N–H and O–H groups in total. The fourth-order valence-electron chi connectivity index (χ4n) is 5.33. The van der Waals surface area contributed by atoms with Crippen molar-refractivity contribution in [2.24, 2.45) is 17.8 Å². The van der Waals surface area contributed by atoms with Crippen LogP contribution in [0.25, 0.3) is 0 Å². The zero-order valence-electron chi connectivity index (χ0n) is 20.2. The molecule has 2 aliphatic carbocycles. The van der Waals surface area contributed by atoms with Crippen molar-refractivity contribution >= 4 is 14.3 Å². The van der Waals surface area contributed by atoms with Gasteiger partial charge in [-0.2, -0.15) is 0 Å². The molecule has 2 saturated carbocycles. The third-order valence-electron chi connectivity index (χ3n) is 7.26. The number of carboxylic acid groups (broad SMARTS) is 1. The zero-order valence-corrected chi connectivity index (χ0v) is 21.2. The fourth-order valence-corrected chi connectivity index (χ4v) is 6.51. The van der Waals surface area contributed by atoms with Crippen LogP contribution in [0.4, 0.5) is 0 Å². The van der Waals surface area contributed by atoms with Crippen LogP contribution in [0.3, 0.4) is 0 Å². The molecule has 0 amide bonds. The molecule has 0 saturated heterocycles. The van der Waals surface area contributed by atoms with Crippen molar-refractivity contribution in [3.8, 4) is 0 Å². The third kappa shape index (κ3) is 8.63. The topological polar surface area (TPSA) is 87.0 Å². The Morgan fingerprint density at radius 3 is 2.42 bits per heavy atom. The molecule has 0 radical (unpaired) electrons. The number of hydrogen-bond acceptors (Lipinski definition) is 4. The molecule has 6 heteroatoms. The molecule has 2 fully saturated rings. The molecule has 5 nitrogen and oxygen atoms in total. The van der Waals surface area contributed by atoms with Gasteiger partial charge in [0.05, 0.1) is 12.2 Å². The van der Waals surface area contributed by atoms with Gasteiger partial charge >= 0.3 is 5.97 Å². The van der Waals surface area contributed by atoms with Crippen LogP contribution < -0.4 is 0 Å². The molecule has 31 heavy (non-hydrogen) atoms. The van der Waals surface area contributed by atoms with Crippen LogP contribution in [0.1, 0.15) is 84.0 Å². The van der Waals surface area contributed by atoms with E-state index in [0.717, 1.165) is 31.6 Å². The summed E-state index contributed by atoms with van der Waals surface area (Å²) in [5, 5.41) is 29.0. The first kappa shape index (κ1) is 26.6. The van der Waals surface area contributed by atoms with Crippen molar-refractivity contribution in [1.29, 1.82) is 0 Å². The molecule has 2 rings (SSSR count). The summed E-state index contributed by atoms with van der Waals surface area (Å²) in [4.78, 5) is 11.1. The van der Waals surface area contributed by atoms with Crippen molar-refractivity contribution in [2.75, 3.05) is 0 Å². The molecular formula is C25H46O5Si. The standard InChI is InChI=1S/C25H46O5Si/c1-25(29,24(27)28)23(26)16-10-8-14-20-17-18-22(30-31(2,3)4)21(20)15-9-7-13-19-11-5-6-12-19/h9,15,19-23,26,29H,5-8,10-14,16-18H2,1-4H3,(H,27,28)/t20-,21+,22+,23?,25?/m0/s1. The SMILES string of the molecule is CC(O)(C(=O)O)C(O)CCCC[C@H]1CC[C@@H](O[Si](C)(C)C)[C@@H]1C=CCCC1CCCC1. The Balaban J connectivity index is 1.84. The van der Waals surface area contributed by atoms with Gasteiger partial charge in [0.1, 0.15) is 0 Å². The highest BCUT2D eigenvalue weighted by molar-refractivity contribution is 6.69. The Kier molecular flexibility index (Phi) is 10.2. The van der Waals surface area contributed by atoms with Crippen LogP contribution in [0.2, 0.25) is 19.6 Å². The van der Waals surface area contributed by atoms with E-state index in [1.54, 1.807) is 0 Å². The van der Waals surface area contributed by atoms with Gasteiger partial charge in [-0.25, -0.2) is 4.79 Å². The first-order chi connectivity index (χ1) is 14.5. The molecule has 5 atom stereocenters. The van der Waals surface area contributed by atoms with E-state index < -0.39 is 26.0 Å². The van der Waals surface area contributed by atoms with E-state index in [1.807, 2.05) is 0 Å². The summed E-state index contributed by atoms with van der Waals surface area (Å²) < 4.78 is 6.54. The highest BCUT2D eigenvalue weighted by Crippen LogP contribution is 2.40. The summed E-state index contributed by atoms with van der Waals surface area (Å²) in [6.07, 6.45) is 17.3. The van der Waals surface area contributed by atoms with Crippen molar-refractivity contribution in [2.45, 2.75) is 121 Å². The van der Waals surface area contributed by atoms with Crippen LogP contribution in [-0.2, 0) is 9.22 Å². The Morgan fingerprint density at radius 2 is 1.81 bits per heavy atom. The predicted octanol–water partition coefficient (Wildman–Crippen LogP) is 5.52. The lowest BCUT2D eigenvalue weighted by atomic mass is 9.88. The largest absolute Gasteiger partial charge is 0.479 e. The molecule has 0 aromatic carbocycles. The van der Waals surface area contributed by atoms with Gasteiger partial charge in [-0.1, -0.05) is 50.7 Å². The minimum Gasteiger partial charge on any atom is -0.479 e. The zero-order chi connectivity index (χ0) is 23.1. The van der Waals surface area contributed by atoms with E-state index in [4.69, 9.17) is 9.53 Å². The van der Waals surface area contributed by atoms with E-state index in [2.05, 4.69) is 31.8 Å². The molecule has 2 aliphatic rings. The van der Waals surface area contributed by atoms with Crippen LogP contribution in [0, 0.1) is 17.8 Å². The van der Waals surface area contributed by atoms with E-state index in [9.17, 15) is 15.0 Å². The number of carboxylic acids is 1. The molecule has 2 unspecified atom stereocenters. The number of carbonyl (C=O) groups is 1. The van der Waals surface area contributed by atoms with Crippen molar-refractivity contribution < 1.29 is 24.5 Å². The smallest absolute Gasteiger partial charge is 0.338 e. The number of rotatable bonds is 13. The lowest BCUT2D eigenvalue weighted by Crippen LogP contribution is -2.46. The third-order valence-corrected chi connectivity index (χ3v) is 8.27. The Bertz CT molecular complexity index is 577. The van der Waals surface area contributed by atoms with Crippen LogP contribution in [-0.4, -0.2) is 47.4 Å². The molecule has 0 aliphatic heterocycles. The van der Waals surface area contributed by atoms with Gasteiger partial charge in [0.15, 0.2) is 13.9 Å². The number of aliphatic carboxylic acids is 1. The number of hydrogen-bond donors (Lipinski definition) is 3. The second-order valence-electron chi connectivity index (χ2n) is 11.1. The van der Waals surface area contributed by atoms with E-state index in [1.165, 1.54) is 51.9 Å². The summed E-state index contributed by atoms with van der Waals surface area (Å²) in [6, 6.07) is 0. The van der Waals surface area contributed by atoms with E-state index in [-0.39, 0.29) is 0 Å². The second kappa shape index (κ2) is 12.0. The highest BCUT2D eigenvalue weighted by atomic mass is 28.4. The fraction of sp³-hybridized carbons (Fsp3) is 0.880. The van der Waals surface area contributed by atoms with Gasteiger partial charge in [0, 0.05) is 5.92 Å². The van der Waals surface area contributed by atoms with Crippen molar-refractivity contribution in [1.82, 2.24) is 0 Å². The first-order valence-electron chi connectivity index (χ1n) is 12.5. The lowest BCUT2D eigenvalue weighted by molar-refractivity contribution is -0.169. The van der Waals surface area contributed by atoms with Crippen LogP contribution in [0.15, 0.2) is 12.2 Å². The molecule has 0 bridgehead atoms. The maximum absolute atomic E-state index is 11.1. The van der Waals surface area contributed by atoms with Gasteiger partial charge in [-0.15, -0.1) is 0 Å². The van der Waals surface area contributed by atoms with Gasteiger partial charge in [-0.3, -0.25) is 0 Å². The summed E-state index contributed by atoms with van der Waals surface area (Å²) in [7, 11) is -1.60. The van der Waals surface area contributed by atoms with E-state index in [0.29, 0.717) is 24.4 Å². The molecular weight excluding hydrogens is 408 g/mol. The monoisotopic (exact) mass is 454 g/mol. The van der Waals surface area contributed by atoms with Gasteiger partial charge in [0.2, 0.25) is 0 Å². The molecule has 0 spiro atoms. The number of aliphatic hydroxyl groups is 2. The molecule has 0 aromatic heterocycles. The number of aliphatic hydroxyl groups excluding tert-OH is 1. The highest BCUT2D eigenvalue weighted by Gasteiger charge is 2.39. The molecule has 0 heterocycles. The average Bonchev–Trinajstić information content (AvgIpc) is 3.31. The minimum absolute atomic E-state index is 0.308. The summed E-state index contributed by atoms with van der Waals surface area (Å²) in [6.45, 7) is 7.95. The number of allylic oxidation sites excluding steroid dienone is 1. The maximum Gasteiger partial charge on any atom is 0.338 e. The Morgan fingerprint density at radius 1 is 1.13 bits per heavy atom. The Labute approximate surface area is 190 Å². The van der Waals surface area contributed by atoms with Gasteiger partial charge in [-0.05, 0) is 76.9 Å². The van der Waals surface area contributed by atoms with Crippen molar-refractivity contribution in [3.05, 3.63) is 12.2 Å². The van der Waals surface area contributed by atoms with Gasteiger partial charge < -0.3 is 19.7 Å². The summed E-state index contributed by atoms with van der Waals surface area (Å²) in [5.41, 5.74) is -2.08. The normalized spacial score (nSPS) is 28.3. The Hall–Kier alpha value is -0.693. The molecule has 0 aromatic rings. The number of unbranched alkanes of at least 4 members (excludes halogenated alkanes) is 1. The summed E-state index contributed by atoms with van der Waals surface area (Å²) >= 11 is 0. The molecule has 180 valence electrons. The van der Waals surface area contributed by atoms with Crippen LogP contribution >= 0.6 is 0 Å². The second-order valence-corrected chi connectivity index (χ2v) is 15.6. The lowest BCUT2D eigenvalue weighted by Gasteiger charge is -2.29. The predicted molar refractivity (Wildman–Crippen MR) is 127 cm³/mol. The van der Waals surface area contributed by atoms with Gasteiger partial charge in [0.25, 0.3) is 0 Å². The van der Waals surface area contributed by atoms with Crippen LogP contribution in [0.5, 0.6) is 0 Å².